The van der Waals surface area contributed by atoms with Crippen LogP contribution in [0.1, 0.15) is 34.6 Å². The number of Topliss-reactive ketones (excluding diaryl/α,β-unsaturated/α-hetero) is 2. The van der Waals surface area contributed by atoms with E-state index in [-0.39, 0.29) is 11.6 Å². The molecule has 0 unspecified atom stereocenters. The van der Waals surface area contributed by atoms with Gasteiger partial charge in [0.25, 0.3) is 0 Å². The fourth-order valence-corrected chi connectivity index (χ4v) is 2.58. The van der Waals surface area contributed by atoms with Crippen molar-refractivity contribution in [3.63, 3.8) is 0 Å². The number of aromatic nitrogens is 1. The second-order valence-electron chi connectivity index (χ2n) is 4.69. The highest BCUT2D eigenvalue weighted by molar-refractivity contribution is 6.19. The number of H-pyrrole nitrogens is 1. The SMILES string of the molecule is CC(=O)c1ccc2c([nH]c3ccccc32)c1C(C)=O. The van der Waals surface area contributed by atoms with Crippen LogP contribution in [0.4, 0.5) is 0 Å². The highest BCUT2D eigenvalue weighted by atomic mass is 16.1. The summed E-state index contributed by atoms with van der Waals surface area (Å²) in [6.45, 7) is 2.98. The Morgan fingerprint density at radius 2 is 1.63 bits per heavy atom. The second-order valence-corrected chi connectivity index (χ2v) is 4.69. The van der Waals surface area contributed by atoms with E-state index in [2.05, 4.69) is 4.98 Å². The molecular weight excluding hydrogens is 238 g/mol. The Morgan fingerprint density at radius 1 is 0.895 bits per heavy atom. The summed E-state index contributed by atoms with van der Waals surface area (Å²) in [5, 5.41) is 2.04. The molecule has 1 heterocycles. The first-order chi connectivity index (χ1) is 9.09. The molecule has 0 aliphatic rings. The molecule has 0 amide bonds. The van der Waals surface area contributed by atoms with Crippen molar-refractivity contribution in [3.05, 3.63) is 47.5 Å². The molecule has 0 aliphatic heterocycles. The Kier molecular flexibility index (Phi) is 2.49. The van der Waals surface area contributed by atoms with E-state index in [1.165, 1.54) is 13.8 Å². The Bertz CT molecular complexity index is 827. The first kappa shape index (κ1) is 11.7. The van der Waals surface area contributed by atoms with Gasteiger partial charge in [-0.25, -0.2) is 0 Å². The predicted octanol–water partition coefficient (Wildman–Crippen LogP) is 3.73. The van der Waals surface area contributed by atoms with Crippen LogP contribution in [0.25, 0.3) is 21.8 Å². The summed E-state index contributed by atoms with van der Waals surface area (Å²) in [6, 6.07) is 11.5. The topological polar surface area (TPSA) is 49.9 Å². The van der Waals surface area contributed by atoms with Crippen LogP contribution in [0.2, 0.25) is 0 Å². The van der Waals surface area contributed by atoms with Gasteiger partial charge in [0.1, 0.15) is 0 Å². The number of benzene rings is 2. The van der Waals surface area contributed by atoms with Gasteiger partial charge in [0, 0.05) is 21.9 Å². The molecule has 3 rings (SSSR count). The molecule has 2 aromatic carbocycles. The van der Waals surface area contributed by atoms with Gasteiger partial charge in [-0.3, -0.25) is 9.59 Å². The quantitative estimate of drug-likeness (QED) is 0.705. The normalized spacial score (nSPS) is 11.1. The van der Waals surface area contributed by atoms with E-state index < -0.39 is 0 Å². The monoisotopic (exact) mass is 251 g/mol. The van der Waals surface area contributed by atoms with Gasteiger partial charge in [-0.15, -0.1) is 0 Å². The van der Waals surface area contributed by atoms with Crippen molar-refractivity contribution in [3.8, 4) is 0 Å². The number of carbonyl (C=O) groups excluding carboxylic acids is 2. The van der Waals surface area contributed by atoms with E-state index in [1.54, 1.807) is 6.07 Å². The molecule has 3 heteroatoms. The van der Waals surface area contributed by atoms with Crippen molar-refractivity contribution in [1.82, 2.24) is 4.98 Å². The maximum absolute atomic E-state index is 11.9. The van der Waals surface area contributed by atoms with Crippen molar-refractivity contribution in [2.24, 2.45) is 0 Å². The zero-order valence-electron chi connectivity index (χ0n) is 10.8. The van der Waals surface area contributed by atoms with Crippen LogP contribution in [0.5, 0.6) is 0 Å². The van der Waals surface area contributed by atoms with E-state index in [4.69, 9.17) is 0 Å². The molecule has 0 atom stereocenters. The van der Waals surface area contributed by atoms with Crippen molar-refractivity contribution in [2.45, 2.75) is 13.8 Å². The molecule has 0 fully saturated rings. The third kappa shape index (κ3) is 1.66. The van der Waals surface area contributed by atoms with Gasteiger partial charge in [-0.1, -0.05) is 24.3 Å². The number of hydrogen-bond donors (Lipinski definition) is 1. The van der Waals surface area contributed by atoms with Gasteiger partial charge in [0.05, 0.1) is 11.1 Å². The van der Waals surface area contributed by atoms with Crippen LogP contribution in [-0.2, 0) is 0 Å². The number of carbonyl (C=O) groups is 2. The van der Waals surface area contributed by atoms with Crippen LogP contribution >= 0.6 is 0 Å². The number of hydrogen-bond acceptors (Lipinski definition) is 2. The minimum atomic E-state index is -0.0950. The molecule has 3 aromatic rings. The highest BCUT2D eigenvalue weighted by Gasteiger charge is 2.17. The second kappa shape index (κ2) is 4.05. The summed E-state index contributed by atoms with van der Waals surface area (Å²) in [7, 11) is 0. The van der Waals surface area contributed by atoms with Crippen molar-refractivity contribution in [1.29, 1.82) is 0 Å². The van der Waals surface area contributed by atoms with Crippen LogP contribution < -0.4 is 0 Å². The van der Waals surface area contributed by atoms with Crippen LogP contribution in [0, 0.1) is 0 Å². The van der Waals surface area contributed by atoms with E-state index in [9.17, 15) is 9.59 Å². The van der Waals surface area contributed by atoms with E-state index >= 15 is 0 Å². The summed E-state index contributed by atoms with van der Waals surface area (Å²) < 4.78 is 0. The van der Waals surface area contributed by atoms with E-state index in [0.717, 1.165) is 21.8 Å². The van der Waals surface area contributed by atoms with Crippen molar-refractivity contribution >= 4 is 33.4 Å². The minimum Gasteiger partial charge on any atom is -0.354 e. The fourth-order valence-electron chi connectivity index (χ4n) is 2.58. The minimum absolute atomic E-state index is 0.0919. The van der Waals surface area contributed by atoms with Crippen LogP contribution in [0.15, 0.2) is 36.4 Å². The first-order valence-corrected chi connectivity index (χ1v) is 6.15. The van der Waals surface area contributed by atoms with Gasteiger partial charge < -0.3 is 4.98 Å². The molecule has 0 bridgehead atoms. The maximum atomic E-state index is 11.9. The first-order valence-electron chi connectivity index (χ1n) is 6.15. The molecule has 0 radical (unpaired) electrons. The summed E-state index contributed by atoms with van der Waals surface area (Å²) in [4.78, 5) is 26.8. The average Bonchev–Trinajstić information content (AvgIpc) is 2.75. The lowest BCUT2D eigenvalue weighted by Gasteiger charge is -2.05. The Labute approximate surface area is 110 Å². The largest absolute Gasteiger partial charge is 0.354 e. The van der Waals surface area contributed by atoms with Gasteiger partial charge >= 0.3 is 0 Å². The summed E-state index contributed by atoms with van der Waals surface area (Å²) in [6.07, 6.45) is 0. The van der Waals surface area contributed by atoms with Gasteiger partial charge in [-0.05, 0) is 26.0 Å². The maximum Gasteiger partial charge on any atom is 0.162 e. The standard InChI is InChI=1S/C16H13NO2/c1-9(18)11-7-8-13-12-5-3-4-6-14(12)17-16(13)15(11)10(2)19/h3-8,17H,1-2H3. The number of fused-ring (bicyclic) bond motifs is 3. The Morgan fingerprint density at radius 3 is 2.32 bits per heavy atom. The summed E-state index contributed by atoms with van der Waals surface area (Å²) in [5.74, 6) is -0.187. The zero-order chi connectivity index (χ0) is 13.6. The Balaban J connectivity index is 2.52. The average molecular weight is 251 g/mol. The molecule has 0 spiro atoms. The molecule has 3 nitrogen and oxygen atoms in total. The molecular formula is C16H13NO2. The van der Waals surface area contributed by atoms with Crippen molar-refractivity contribution in [2.75, 3.05) is 0 Å². The number of aromatic amines is 1. The third-order valence-electron chi connectivity index (χ3n) is 3.41. The lowest BCUT2D eigenvalue weighted by molar-refractivity contribution is 0.0982. The number of nitrogens with one attached hydrogen (secondary N) is 1. The third-order valence-corrected chi connectivity index (χ3v) is 3.41. The molecule has 0 aliphatic carbocycles. The van der Waals surface area contributed by atoms with Crippen LogP contribution in [0.3, 0.4) is 0 Å². The molecule has 1 aromatic heterocycles. The number of para-hydroxylation sites is 1. The van der Waals surface area contributed by atoms with E-state index in [1.807, 2.05) is 30.3 Å². The summed E-state index contributed by atoms with van der Waals surface area (Å²) >= 11 is 0. The fraction of sp³-hybridized carbons (Fsp3) is 0.125. The predicted molar refractivity (Wildman–Crippen MR) is 75.8 cm³/mol. The molecule has 94 valence electrons. The molecule has 0 saturated heterocycles. The smallest absolute Gasteiger partial charge is 0.162 e. The lowest BCUT2D eigenvalue weighted by Crippen LogP contribution is -2.04. The van der Waals surface area contributed by atoms with Gasteiger partial charge in [-0.2, -0.15) is 0 Å². The van der Waals surface area contributed by atoms with Gasteiger partial charge in [0.15, 0.2) is 11.6 Å². The van der Waals surface area contributed by atoms with Crippen molar-refractivity contribution < 1.29 is 9.59 Å². The summed E-state index contributed by atoms with van der Waals surface area (Å²) in [5.41, 5.74) is 2.69. The molecule has 1 N–H and O–H groups in total. The number of ketones is 2. The molecule has 0 saturated carbocycles. The zero-order valence-corrected chi connectivity index (χ0v) is 10.8. The van der Waals surface area contributed by atoms with Crippen LogP contribution in [-0.4, -0.2) is 16.6 Å². The molecule has 19 heavy (non-hydrogen) atoms. The lowest BCUT2D eigenvalue weighted by atomic mass is 9.98. The number of rotatable bonds is 2. The Hall–Kier alpha value is -2.42. The van der Waals surface area contributed by atoms with E-state index in [0.29, 0.717) is 11.1 Å². The highest BCUT2D eigenvalue weighted by Crippen LogP contribution is 2.30. The van der Waals surface area contributed by atoms with Gasteiger partial charge in [0.2, 0.25) is 0 Å².